The molecule has 3 aromatic rings. The van der Waals surface area contributed by atoms with E-state index in [0.29, 0.717) is 11.2 Å². The summed E-state index contributed by atoms with van der Waals surface area (Å²) in [6, 6.07) is 12.3. The van der Waals surface area contributed by atoms with E-state index in [1.165, 1.54) is 18.1 Å². The first-order valence-corrected chi connectivity index (χ1v) is 12.8. The number of hydrogen-bond donors (Lipinski definition) is 2. The zero-order valence-corrected chi connectivity index (χ0v) is 20.8. The Kier molecular flexibility index (Phi) is 5.88. The Morgan fingerprint density at radius 3 is 2.71 bits per heavy atom. The van der Waals surface area contributed by atoms with Crippen molar-refractivity contribution >= 4 is 40.0 Å². The van der Waals surface area contributed by atoms with Crippen LogP contribution in [0.2, 0.25) is 5.02 Å². The zero-order chi connectivity index (χ0) is 24.0. The Labute approximate surface area is 212 Å². The lowest BCUT2D eigenvalue weighted by Gasteiger charge is -2.57. The Morgan fingerprint density at radius 2 is 2.06 bits per heavy atom. The third-order valence-corrected chi connectivity index (χ3v) is 8.49. The molecule has 1 spiro atoms. The van der Waals surface area contributed by atoms with E-state index in [2.05, 4.69) is 42.5 Å². The lowest BCUT2D eigenvalue weighted by atomic mass is 9.75. The summed E-state index contributed by atoms with van der Waals surface area (Å²) in [4.78, 5) is 24.0. The number of carbonyl (C=O) groups is 1. The second-order valence-electron chi connectivity index (χ2n) is 9.51. The van der Waals surface area contributed by atoms with Crippen LogP contribution in [0.4, 0.5) is 5.82 Å². The minimum Gasteiger partial charge on any atom is -0.380 e. The minimum atomic E-state index is -0.135. The Hall–Kier alpha value is -2.72. The van der Waals surface area contributed by atoms with Gasteiger partial charge in [-0.2, -0.15) is 5.10 Å². The van der Waals surface area contributed by atoms with Crippen molar-refractivity contribution < 1.29 is 9.53 Å². The number of anilines is 1. The van der Waals surface area contributed by atoms with Gasteiger partial charge < -0.3 is 10.1 Å². The van der Waals surface area contributed by atoms with E-state index in [9.17, 15) is 4.79 Å². The van der Waals surface area contributed by atoms with Crippen molar-refractivity contribution in [2.24, 2.45) is 5.41 Å². The second kappa shape index (κ2) is 9.05. The topological polar surface area (TPSA) is 96.0 Å². The number of nitrogens with one attached hydrogen (secondary N) is 2. The van der Waals surface area contributed by atoms with E-state index in [4.69, 9.17) is 16.3 Å². The molecule has 0 bridgehead atoms. The number of benzene rings is 1. The Morgan fingerprint density at radius 1 is 1.26 bits per heavy atom. The summed E-state index contributed by atoms with van der Waals surface area (Å²) in [5.41, 5.74) is 3.93. The molecule has 2 atom stereocenters. The summed E-state index contributed by atoms with van der Waals surface area (Å²) >= 11 is 8.02. The molecule has 6 rings (SSSR count). The number of amides is 1. The molecule has 5 heterocycles. The molecule has 2 fully saturated rings. The third-order valence-electron chi connectivity index (χ3n) is 6.82. The SMILES string of the molecule is CC(=O)Nc1cc(C2CC(C(c3ccc(Cl)cc3)N3CC4(COC4)C3)=C(c3ncn[nH]3)S2)ccn1. The standard InChI is InChI=1S/C25H25ClN6O2S/c1-15(33)30-21-8-17(6-7-27-21)20-9-19(23(35-20)24-28-14-29-31-24)22(16-2-4-18(26)5-3-16)32-10-25(11-32)12-34-13-25/h2-8,14,20,22H,9-13H2,1H3,(H,27,30,33)(H,28,29,31). The van der Waals surface area contributed by atoms with Gasteiger partial charge in [0, 0.05) is 41.9 Å². The molecule has 8 nitrogen and oxygen atoms in total. The van der Waals surface area contributed by atoms with E-state index in [0.717, 1.165) is 54.0 Å². The molecule has 2 saturated heterocycles. The number of likely N-dealkylation sites (tertiary alicyclic amines) is 1. The van der Waals surface area contributed by atoms with Gasteiger partial charge in [0.2, 0.25) is 5.91 Å². The van der Waals surface area contributed by atoms with Crippen LogP contribution in [-0.2, 0) is 9.53 Å². The number of hydrogen-bond acceptors (Lipinski definition) is 7. The van der Waals surface area contributed by atoms with Crippen LogP contribution in [0.1, 0.15) is 41.6 Å². The van der Waals surface area contributed by atoms with Gasteiger partial charge >= 0.3 is 0 Å². The van der Waals surface area contributed by atoms with E-state index in [-0.39, 0.29) is 17.2 Å². The van der Waals surface area contributed by atoms with Crippen molar-refractivity contribution in [3.8, 4) is 0 Å². The molecular formula is C25H25ClN6O2S. The fraction of sp³-hybridized carbons (Fsp3) is 0.360. The van der Waals surface area contributed by atoms with Crippen LogP contribution >= 0.6 is 23.4 Å². The smallest absolute Gasteiger partial charge is 0.222 e. The molecule has 3 aliphatic rings. The first-order valence-electron chi connectivity index (χ1n) is 11.6. The highest BCUT2D eigenvalue weighted by molar-refractivity contribution is 8.08. The number of ether oxygens (including phenoxy) is 1. The van der Waals surface area contributed by atoms with E-state index in [1.807, 2.05) is 24.3 Å². The number of nitrogens with zero attached hydrogens (tertiary/aromatic N) is 4. The maximum absolute atomic E-state index is 11.6. The highest BCUT2D eigenvalue weighted by atomic mass is 35.5. The molecule has 2 N–H and O–H groups in total. The number of aromatic nitrogens is 4. The molecular weight excluding hydrogens is 484 g/mol. The quantitative estimate of drug-likeness (QED) is 0.507. The fourth-order valence-corrected chi connectivity index (χ4v) is 6.75. The summed E-state index contributed by atoms with van der Waals surface area (Å²) in [5.74, 6) is 1.21. The largest absolute Gasteiger partial charge is 0.380 e. The van der Waals surface area contributed by atoms with Gasteiger partial charge in [-0.05, 0) is 47.4 Å². The zero-order valence-electron chi connectivity index (χ0n) is 19.2. The number of thioether (sulfide) groups is 1. The number of rotatable bonds is 6. The summed E-state index contributed by atoms with van der Waals surface area (Å²) in [6.07, 6.45) is 4.15. The van der Waals surface area contributed by atoms with Crippen LogP contribution < -0.4 is 5.32 Å². The summed E-state index contributed by atoms with van der Waals surface area (Å²) in [5, 5.41) is 10.9. The van der Waals surface area contributed by atoms with Crippen molar-refractivity contribution in [2.75, 3.05) is 31.6 Å². The second-order valence-corrected chi connectivity index (χ2v) is 11.2. The summed E-state index contributed by atoms with van der Waals surface area (Å²) in [6.45, 7) is 5.18. The summed E-state index contributed by atoms with van der Waals surface area (Å²) in [7, 11) is 0. The predicted molar refractivity (Wildman–Crippen MR) is 136 cm³/mol. The van der Waals surface area contributed by atoms with Gasteiger partial charge in [0.1, 0.15) is 12.1 Å². The Bertz CT molecular complexity index is 1270. The normalized spacial score (nSPS) is 22.1. The highest BCUT2D eigenvalue weighted by Gasteiger charge is 2.52. The van der Waals surface area contributed by atoms with Gasteiger partial charge in [-0.1, -0.05) is 23.7 Å². The average Bonchev–Trinajstić information content (AvgIpc) is 3.45. The van der Waals surface area contributed by atoms with Crippen molar-refractivity contribution in [3.05, 3.63) is 76.5 Å². The molecule has 3 aliphatic heterocycles. The molecule has 1 aromatic carbocycles. The van der Waals surface area contributed by atoms with Gasteiger partial charge in [-0.15, -0.1) is 11.8 Å². The van der Waals surface area contributed by atoms with Gasteiger partial charge in [0.25, 0.3) is 0 Å². The maximum atomic E-state index is 11.6. The molecule has 180 valence electrons. The predicted octanol–water partition coefficient (Wildman–Crippen LogP) is 4.47. The molecule has 0 aliphatic carbocycles. The fourth-order valence-electron chi connectivity index (χ4n) is 5.24. The third kappa shape index (κ3) is 4.38. The number of carbonyl (C=O) groups excluding carboxylic acids is 1. The van der Waals surface area contributed by atoms with Crippen molar-refractivity contribution in [2.45, 2.75) is 24.6 Å². The lowest BCUT2D eigenvalue weighted by molar-refractivity contribution is -0.196. The minimum absolute atomic E-state index is 0.104. The molecule has 35 heavy (non-hydrogen) atoms. The molecule has 2 aromatic heterocycles. The van der Waals surface area contributed by atoms with Crippen LogP contribution in [-0.4, -0.2) is 57.3 Å². The van der Waals surface area contributed by atoms with Gasteiger partial charge in [-0.25, -0.2) is 9.97 Å². The first kappa shape index (κ1) is 22.7. The van der Waals surface area contributed by atoms with Crippen molar-refractivity contribution in [3.63, 3.8) is 0 Å². The first-order chi connectivity index (χ1) is 17.0. The maximum Gasteiger partial charge on any atom is 0.222 e. The van der Waals surface area contributed by atoms with Crippen LogP contribution in [0, 0.1) is 5.41 Å². The lowest BCUT2D eigenvalue weighted by Crippen LogP contribution is -2.66. The van der Waals surface area contributed by atoms with E-state index in [1.54, 1.807) is 24.3 Å². The highest BCUT2D eigenvalue weighted by Crippen LogP contribution is 2.57. The van der Waals surface area contributed by atoms with Crippen molar-refractivity contribution in [1.82, 2.24) is 25.1 Å². The molecule has 10 heteroatoms. The Balaban J connectivity index is 1.37. The van der Waals surface area contributed by atoms with Gasteiger partial charge in [0.15, 0.2) is 5.82 Å². The van der Waals surface area contributed by atoms with Crippen LogP contribution in [0.3, 0.4) is 0 Å². The average molecular weight is 509 g/mol. The monoisotopic (exact) mass is 508 g/mol. The van der Waals surface area contributed by atoms with Crippen molar-refractivity contribution in [1.29, 1.82) is 0 Å². The molecule has 0 radical (unpaired) electrons. The van der Waals surface area contributed by atoms with Crippen LogP contribution in [0.15, 0.2) is 54.5 Å². The molecule has 2 unspecified atom stereocenters. The van der Waals surface area contributed by atoms with E-state index < -0.39 is 0 Å². The van der Waals surface area contributed by atoms with Crippen LogP contribution in [0.25, 0.3) is 4.91 Å². The van der Waals surface area contributed by atoms with E-state index >= 15 is 0 Å². The van der Waals surface area contributed by atoms with Gasteiger partial charge in [-0.3, -0.25) is 14.8 Å². The van der Waals surface area contributed by atoms with Crippen LogP contribution in [0.5, 0.6) is 0 Å². The number of pyridine rings is 1. The van der Waals surface area contributed by atoms with Gasteiger partial charge in [0.05, 0.1) is 24.2 Å². The number of H-pyrrole nitrogens is 1. The molecule has 0 saturated carbocycles. The molecule has 1 amide bonds. The summed E-state index contributed by atoms with van der Waals surface area (Å²) < 4.78 is 5.53. The number of aromatic amines is 1. The number of halogens is 1.